The van der Waals surface area contributed by atoms with E-state index in [9.17, 15) is 0 Å². The van der Waals surface area contributed by atoms with Crippen molar-refractivity contribution in [1.82, 2.24) is 0 Å². The fourth-order valence-corrected chi connectivity index (χ4v) is 0. The second kappa shape index (κ2) is 8.82. The minimum atomic E-state index is 0. The molecule has 0 saturated carbocycles. The van der Waals surface area contributed by atoms with Gasteiger partial charge in [-0.1, -0.05) is 6.92 Å². The molecule has 0 aromatic carbocycles. The van der Waals surface area contributed by atoms with E-state index in [4.69, 9.17) is 1.37 Å². The Morgan fingerprint density at radius 3 is 2.20 bits per heavy atom. The first-order chi connectivity index (χ1) is 2.27. The summed E-state index contributed by atoms with van der Waals surface area (Å²) in [5, 5.41) is 0. The van der Waals surface area contributed by atoms with E-state index in [0.717, 1.165) is 12.8 Å². The summed E-state index contributed by atoms with van der Waals surface area (Å²) in [5.41, 5.74) is 0. The van der Waals surface area contributed by atoms with Crippen LogP contribution in [0.25, 0.3) is 0 Å². The zero-order valence-electron chi connectivity index (χ0n) is 5.21. The minimum absolute atomic E-state index is 0. The van der Waals surface area contributed by atoms with Gasteiger partial charge in [0, 0.05) is 0 Å². The van der Waals surface area contributed by atoms with E-state index in [1.165, 1.54) is 0 Å². The average Bonchev–Trinajstić information content (AvgIpc) is 1.38. The van der Waals surface area contributed by atoms with Crippen molar-refractivity contribution in [3.8, 4) is 0 Å². The zero-order valence-corrected chi connectivity index (χ0v) is 4.21. The van der Waals surface area contributed by atoms with Gasteiger partial charge in [-0.25, -0.2) is 1.37 Å². The van der Waals surface area contributed by atoms with Crippen LogP contribution in [0.5, 0.6) is 0 Å². The predicted octanol–water partition coefficient (Wildman–Crippen LogP) is -1.38. The number of hydrogen-bond acceptors (Lipinski definition) is 0. The fourth-order valence-electron chi connectivity index (χ4n) is 0. The summed E-state index contributed by atoms with van der Waals surface area (Å²) in [6.07, 6.45) is 1.64. The number of rotatable bonds is 1. The Morgan fingerprint density at radius 1 is 2.00 bits per heavy atom. The summed E-state index contributed by atoms with van der Waals surface area (Å²) >= 11 is 0. The van der Waals surface area contributed by atoms with Gasteiger partial charge in [0.2, 0.25) is 0 Å². The minimum Gasteiger partial charge on any atom is -0.332 e. The third kappa shape index (κ3) is 12.2. The summed E-state index contributed by atoms with van der Waals surface area (Å²) in [4.78, 5) is 0. The molecule has 0 atom stereocenters. The van der Waals surface area contributed by atoms with Gasteiger partial charge in [-0.2, -0.15) is 13.3 Å². The molecule has 0 fully saturated rings. The van der Waals surface area contributed by atoms with E-state index < -0.39 is 0 Å². The molecule has 0 radical (unpaired) electrons. The van der Waals surface area contributed by atoms with Gasteiger partial charge in [-0.3, -0.25) is 0 Å². The topological polar surface area (TPSA) is 0 Å². The Labute approximate surface area is 47.5 Å². The van der Waals surface area contributed by atoms with Crippen molar-refractivity contribution in [3.05, 3.63) is 6.40 Å². The van der Waals surface area contributed by atoms with E-state index >= 15 is 0 Å². The van der Waals surface area contributed by atoms with Crippen molar-refractivity contribution in [2.45, 2.75) is 20.3 Å². The maximum absolute atomic E-state index is 6.74. The van der Waals surface area contributed by atoms with Crippen LogP contribution in [-0.2, 0) is 0 Å². The Morgan fingerprint density at radius 2 is 2.20 bits per heavy atom. The molecular formula is C4H9Li. The van der Waals surface area contributed by atoms with Crippen LogP contribution in [0.15, 0.2) is 0 Å². The van der Waals surface area contributed by atoms with E-state index in [2.05, 4.69) is 0 Å². The first-order valence-corrected chi connectivity index (χ1v) is 1.56. The van der Waals surface area contributed by atoms with Gasteiger partial charge >= 0.3 is 18.9 Å². The van der Waals surface area contributed by atoms with Gasteiger partial charge in [-0.05, 0) is 0 Å². The van der Waals surface area contributed by atoms with Gasteiger partial charge in [0.25, 0.3) is 0 Å². The second-order valence-electron chi connectivity index (χ2n) is 0.707. The summed E-state index contributed by atoms with van der Waals surface area (Å²) in [7, 11) is 0. The SMILES string of the molecule is [2H][C-](C)CC.[Li+]. The zero-order chi connectivity index (χ0) is 4.28. The number of hydrogen-bond donors (Lipinski definition) is 0. The van der Waals surface area contributed by atoms with E-state index in [-0.39, 0.29) is 18.9 Å². The van der Waals surface area contributed by atoms with E-state index in [1.807, 2.05) is 6.92 Å². The molecule has 0 aromatic heterocycles. The summed E-state index contributed by atoms with van der Waals surface area (Å²) in [5.74, 6) is 0. The van der Waals surface area contributed by atoms with Crippen molar-refractivity contribution in [2.75, 3.05) is 0 Å². The van der Waals surface area contributed by atoms with Crippen molar-refractivity contribution in [1.29, 1.82) is 0 Å². The van der Waals surface area contributed by atoms with E-state index in [0.29, 0.717) is 0 Å². The van der Waals surface area contributed by atoms with Gasteiger partial charge < -0.3 is 6.40 Å². The van der Waals surface area contributed by atoms with Gasteiger partial charge in [-0.15, -0.1) is 0 Å². The Balaban J connectivity index is 0. The molecule has 1 heteroatoms. The Bertz CT molecular complexity index is 21.5. The normalized spacial score (nSPS) is 9.80. The van der Waals surface area contributed by atoms with Crippen molar-refractivity contribution < 1.29 is 20.2 Å². The molecule has 0 rings (SSSR count). The van der Waals surface area contributed by atoms with Crippen molar-refractivity contribution in [3.63, 3.8) is 0 Å². The van der Waals surface area contributed by atoms with Crippen molar-refractivity contribution in [2.24, 2.45) is 0 Å². The van der Waals surface area contributed by atoms with Crippen LogP contribution in [0, 0.1) is 6.40 Å². The van der Waals surface area contributed by atoms with Gasteiger partial charge in [0.1, 0.15) is 0 Å². The fraction of sp³-hybridized carbons (Fsp3) is 0.750. The first kappa shape index (κ1) is 5.60. The Kier molecular flexibility index (Phi) is 9.87. The van der Waals surface area contributed by atoms with Gasteiger partial charge in [0.05, 0.1) is 0 Å². The predicted molar refractivity (Wildman–Crippen MR) is 20.3 cm³/mol. The van der Waals surface area contributed by atoms with Crippen LogP contribution >= 0.6 is 0 Å². The molecule has 0 aliphatic heterocycles. The average molecular weight is 65.1 g/mol. The molecular weight excluding hydrogens is 55.0 g/mol. The Hall–Kier alpha value is 0.597. The van der Waals surface area contributed by atoms with Crippen LogP contribution in [-0.4, -0.2) is 0 Å². The molecule has 0 aromatic rings. The molecule has 0 unspecified atom stereocenters. The maximum atomic E-state index is 6.74. The van der Waals surface area contributed by atoms with Gasteiger partial charge in [0.15, 0.2) is 0 Å². The van der Waals surface area contributed by atoms with Crippen LogP contribution in [0.3, 0.4) is 0 Å². The molecule has 0 spiro atoms. The van der Waals surface area contributed by atoms with E-state index in [1.54, 1.807) is 6.92 Å². The van der Waals surface area contributed by atoms with Crippen LogP contribution in [0.2, 0.25) is 0 Å². The summed E-state index contributed by atoms with van der Waals surface area (Å²) in [6.45, 7) is 3.78. The standard InChI is InChI=1S/C4H9.Li/c1-3-4-2;/h3H,4H2,1-2H3;/q-1;+1/i3D;. The molecule has 0 aliphatic rings. The molecule has 0 heterocycles. The molecule has 26 valence electrons. The molecule has 5 heavy (non-hydrogen) atoms. The summed E-state index contributed by atoms with van der Waals surface area (Å²) in [6, 6.07) is 0. The molecule has 0 aliphatic carbocycles. The largest absolute Gasteiger partial charge is 1.00 e. The summed E-state index contributed by atoms with van der Waals surface area (Å²) < 4.78 is 6.74. The third-order valence-corrected chi connectivity index (χ3v) is 0.354. The molecule has 0 saturated heterocycles. The van der Waals surface area contributed by atoms with Crippen LogP contribution < -0.4 is 18.9 Å². The maximum Gasteiger partial charge on any atom is 1.00 e. The quantitative estimate of drug-likeness (QED) is 0.261. The monoisotopic (exact) mass is 65.1 g/mol. The smallest absolute Gasteiger partial charge is 0.332 e. The second-order valence-corrected chi connectivity index (χ2v) is 0.707. The first-order valence-electron chi connectivity index (χ1n) is 2.06. The molecule has 0 amide bonds. The van der Waals surface area contributed by atoms with Crippen LogP contribution in [0.1, 0.15) is 21.6 Å². The van der Waals surface area contributed by atoms with Crippen LogP contribution in [0.4, 0.5) is 0 Å². The molecule has 0 N–H and O–H groups in total. The van der Waals surface area contributed by atoms with Crippen molar-refractivity contribution >= 4 is 0 Å². The third-order valence-electron chi connectivity index (χ3n) is 0.354. The molecule has 0 bridgehead atoms. The molecule has 0 nitrogen and oxygen atoms in total.